The van der Waals surface area contributed by atoms with E-state index in [2.05, 4.69) is 5.32 Å². The maximum Gasteiger partial charge on any atom is 0.248 e. The normalized spacial score (nSPS) is 9.95. The summed E-state index contributed by atoms with van der Waals surface area (Å²) in [5.41, 5.74) is 7.10. The van der Waals surface area contributed by atoms with Crippen LogP contribution in [0.15, 0.2) is 36.4 Å². The van der Waals surface area contributed by atoms with Gasteiger partial charge in [-0.2, -0.15) is 0 Å². The van der Waals surface area contributed by atoms with E-state index >= 15 is 0 Å². The van der Waals surface area contributed by atoms with E-state index < -0.39 is 5.91 Å². The molecule has 0 saturated carbocycles. The standard InChI is InChI=1S/C16H18N2O4/c1-20-13-8-7-12(14(21-2)15(13)22-3)18-11-6-4-5-10(9-11)16(17)19/h4-9,18H,1-3H3,(H2,17,19). The van der Waals surface area contributed by atoms with Gasteiger partial charge in [-0.3, -0.25) is 4.79 Å². The molecule has 6 heteroatoms. The van der Waals surface area contributed by atoms with E-state index in [1.807, 2.05) is 6.07 Å². The first-order chi connectivity index (χ1) is 10.6. The molecular weight excluding hydrogens is 284 g/mol. The van der Waals surface area contributed by atoms with Crippen molar-refractivity contribution in [3.8, 4) is 17.2 Å². The lowest BCUT2D eigenvalue weighted by Gasteiger charge is -2.17. The molecule has 116 valence electrons. The first-order valence-electron chi connectivity index (χ1n) is 6.56. The molecule has 1 amide bonds. The highest BCUT2D eigenvalue weighted by molar-refractivity contribution is 5.94. The highest BCUT2D eigenvalue weighted by Gasteiger charge is 2.16. The first kappa shape index (κ1) is 15.5. The minimum atomic E-state index is -0.483. The molecule has 0 heterocycles. The summed E-state index contributed by atoms with van der Waals surface area (Å²) in [5, 5.41) is 3.18. The molecule has 2 aromatic rings. The molecule has 0 radical (unpaired) electrons. The third kappa shape index (κ3) is 3.06. The number of carbonyl (C=O) groups is 1. The molecule has 22 heavy (non-hydrogen) atoms. The molecule has 0 spiro atoms. The van der Waals surface area contributed by atoms with Gasteiger partial charge in [-0.1, -0.05) is 6.07 Å². The lowest BCUT2D eigenvalue weighted by molar-refractivity contribution is 0.100. The zero-order valence-corrected chi connectivity index (χ0v) is 12.7. The Kier molecular flexibility index (Phi) is 4.73. The summed E-state index contributed by atoms with van der Waals surface area (Å²) in [5.74, 6) is 1.08. The third-order valence-corrected chi connectivity index (χ3v) is 3.13. The summed E-state index contributed by atoms with van der Waals surface area (Å²) in [4.78, 5) is 11.2. The van der Waals surface area contributed by atoms with E-state index in [0.717, 1.165) is 0 Å². The average Bonchev–Trinajstić information content (AvgIpc) is 2.54. The Bertz CT molecular complexity index is 686. The van der Waals surface area contributed by atoms with Gasteiger partial charge >= 0.3 is 0 Å². The summed E-state index contributed by atoms with van der Waals surface area (Å²) in [6.45, 7) is 0. The van der Waals surface area contributed by atoms with Crippen molar-refractivity contribution >= 4 is 17.3 Å². The van der Waals surface area contributed by atoms with Crippen molar-refractivity contribution in [2.45, 2.75) is 0 Å². The minimum absolute atomic E-state index is 0.421. The van der Waals surface area contributed by atoms with Gasteiger partial charge in [0.2, 0.25) is 11.7 Å². The lowest BCUT2D eigenvalue weighted by Crippen LogP contribution is -2.10. The Labute approximate surface area is 128 Å². The fraction of sp³-hybridized carbons (Fsp3) is 0.188. The molecule has 0 bridgehead atoms. The van der Waals surface area contributed by atoms with E-state index in [-0.39, 0.29) is 0 Å². The second-order valence-electron chi connectivity index (χ2n) is 4.45. The Balaban J connectivity index is 2.41. The van der Waals surface area contributed by atoms with Crippen molar-refractivity contribution in [1.29, 1.82) is 0 Å². The highest BCUT2D eigenvalue weighted by Crippen LogP contribution is 2.43. The van der Waals surface area contributed by atoms with E-state index in [4.69, 9.17) is 19.9 Å². The quantitative estimate of drug-likeness (QED) is 0.857. The Morgan fingerprint density at radius 1 is 1.00 bits per heavy atom. The molecular formula is C16H18N2O4. The molecule has 0 saturated heterocycles. The number of ether oxygens (including phenoxy) is 3. The Morgan fingerprint density at radius 2 is 1.73 bits per heavy atom. The van der Waals surface area contributed by atoms with E-state index in [1.165, 1.54) is 7.11 Å². The van der Waals surface area contributed by atoms with E-state index in [0.29, 0.717) is 34.2 Å². The predicted molar refractivity (Wildman–Crippen MR) is 84.3 cm³/mol. The van der Waals surface area contributed by atoms with Crippen molar-refractivity contribution in [2.24, 2.45) is 5.73 Å². The lowest BCUT2D eigenvalue weighted by atomic mass is 10.1. The molecule has 0 unspecified atom stereocenters. The number of nitrogens with one attached hydrogen (secondary N) is 1. The van der Waals surface area contributed by atoms with Crippen LogP contribution in [0.2, 0.25) is 0 Å². The van der Waals surface area contributed by atoms with Gasteiger partial charge in [0.1, 0.15) is 0 Å². The molecule has 0 aliphatic carbocycles. The zero-order chi connectivity index (χ0) is 16.1. The number of nitrogens with two attached hydrogens (primary N) is 1. The zero-order valence-electron chi connectivity index (χ0n) is 12.7. The summed E-state index contributed by atoms with van der Waals surface area (Å²) in [7, 11) is 4.64. The van der Waals surface area contributed by atoms with Crippen LogP contribution in [0, 0.1) is 0 Å². The number of carbonyl (C=O) groups excluding carboxylic acids is 1. The van der Waals surface area contributed by atoms with Crippen molar-refractivity contribution in [1.82, 2.24) is 0 Å². The van der Waals surface area contributed by atoms with Crippen LogP contribution in [-0.4, -0.2) is 27.2 Å². The van der Waals surface area contributed by atoms with Gasteiger partial charge in [-0.05, 0) is 30.3 Å². The van der Waals surface area contributed by atoms with Gasteiger partial charge in [-0.15, -0.1) is 0 Å². The average molecular weight is 302 g/mol. The molecule has 6 nitrogen and oxygen atoms in total. The van der Waals surface area contributed by atoms with E-state index in [9.17, 15) is 4.79 Å². The third-order valence-electron chi connectivity index (χ3n) is 3.13. The van der Waals surface area contributed by atoms with Crippen molar-refractivity contribution < 1.29 is 19.0 Å². The number of primary amides is 1. The minimum Gasteiger partial charge on any atom is -0.493 e. The molecule has 0 aromatic heterocycles. The van der Waals surface area contributed by atoms with Crippen LogP contribution in [0.3, 0.4) is 0 Å². The van der Waals surface area contributed by atoms with Crippen molar-refractivity contribution in [3.63, 3.8) is 0 Å². The Morgan fingerprint density at radius 3 is 2.32 bits per heavy atom. The second kappa shape index (κ2) is 6.71. The van der Waals surface area contributed by atoms with Gasteiger partial charge < -0.3 is 25.3 Å². The van der Waals surface area contributed by atoms with Crippen molar-refractivity contribution in [2.75, 3.05) is 26.6 Å². The summed E-state index contributed by atoms with van der Waals surface area (Å²) < 4.78 is 16.0. The van der Waals surface area contributed by atoms with Crippen LogP contribution in [0.1, 0.15) is 10.4 Å². The molecule has 3 N–H and O–H groups in total. The number of hydrogen-bond donors (Lipinski definition) is 2. The first-order valence-corrected chi connectivity index (χ1v) is 6.56. The van der Waals surface area contributed by atoms with Crippen LogP contribution in [0.4, 0.5) is 11.4 Å². The van der Waals surface area contributed by atoms with Gasteiger partial charge in [0.05, 0.1) is 27.0 Å². The van der Waals surface area contributed by atoms with Crippen LogP contribution in [-0.2, 0) is 0 Å². The van der Waals surface area contributed by atoms with Crippen LogP contribution >= 0.6 is 0 Å². The van der Waals surface area contributed by atoms with Crippen LogP contribution in [0.5, 0.6) is 17.2 Å². The molecule has 0 aliphatic rings. The summed E-state index contributed by atoms with van der Waals surface area (Å²) in [6.07, 6.45) is 0. The molecule has 0 fully saturated rings. The number of hydrogen-bond acceptors (Lipinski definition) is 5. The maximum atomic E-state index is 11.2. The van der Waals surface area contributed by atoms with Gasteiger partial charge in [0, 0.05) is 11.3 Å². The van der Waals surface area contributed by atoms with Crippen LogP contribution in [0.25, 0.3) is 0 Å². The SMILES string of the molecule is COc1ccc(Nc2cccc(C(N)=O)c2)c(OC)c1OC. The smallest absolute Gasteiger partial charge is 0.248 e. The number of rotatable bonds is 6. The van der Waals surface area contributed by atoms with Crippen LogP contribution < -0.4 is 25.3 Å². The number of anilines is 2. The second-order valence-corrected chi connectivity index (χ2v) is 4.45. The maximum absolute atomic E-state index is 11.2. The Hall–Kier alpha value is -2.89. The summed E-state index contributed by atoms with van der Waals surface area (Å²) >= 11 is 0. The number of amides is 1. The van der Waals surface area contributed by atoms with Crippen molar-refractivity contribution in [3.05, 3.63) is 42.0 Å². The fourth-order valence-corrected chi connectivity index (χ4v) is 2.11. The summed E-state index contributed by atoms with van der Waals surface area (Å²) in [6, 6.07) is 10.5. The highest BCUT2D eigenvalue weighted by atomic mass is 16.5. The van der Waals surface area contributed by atoms with Gasteiger partial charge in [0.25, 0.3) is 0 Å². The molecule has 2 rings (SSSR count). The largest absolute Gasteiger partial charge is 0.493 e. The van der Waals surface area contributed by atoms with Gasteiger partial charge in [0.15, 0.2) is 11.5 Å². The van der Waals surface area contributed by atoms with Gasteiger partial charge in [-0.25, -0.2) is 0 Å². The molecule has 0 atom stereocenters. The molecule has 2 aromatic carbocycles. The predicted octanol–water partition coefficient (Wildman–Crippen LogP) is 2.55. The van der Waals surface area contributed by atoms with E-state index in [1.54, 1.807) is 44.6 Å². The number of benzene rings is 2. The topological polar surface area (TPSA) is 82.8 Å². The number of methoxy groups -OCH3 is 3. The fourth-order valence-electron chi connectivity index (χ4n) is 2.11. The molecule has 0 aliphatic heterocycles. The monoisotopic (exact) mass is 302 g/mol.